The van der Waals surface area contributed by atoms with Crippen LogP contribution in [-0.4, -0.2) is 15.0 Å². The van der Waals surface area contributed by atoms with E-state index in [1.165, 1.54) is 20.2 Å². The molecule has 0 saturated heterocycles. The fourth-order valence-electron chi connectivity index (χ4n) is 6.86. The van der Waals surface area contributed by atoms with Crippen LogP contribution in [0.15, 0.2) is 156 Å². The van der Waals surface area contributed by atoms with Crippen molar-refractivity contribution >= 4 is 64.4 Å². The first-order valence-electron chi connectivity index (χ1n) is 15.9. The minimum absolute atomic E-state index is 0.650. The van der Waals surface area contributed by atoms with Gasteiger partial charge < -0.3 is 4.42 Å². The van der Waals surface area contributed by atoms with Crippen molar-refractivity contribution in [2.75, 3.05) is 0 Å². The molecule has 6 aromatic carbocycles. The Kier molecular flexibility index (Phi) is 6.01. The van der Waals surface area contributed by atoms with Crippen LogP contribution < -0.4 is 0 Å². The van der Waals surface area contributed by atoms with Gasteiger partial charge in [0.05, 0.1) is 22.5 Å². The fraction of sp³-hybridized carbons (Fsp3) is 0. The topological polar surface area (TPSA) is 51.8 Å². The second kappa shape index (κ2) is 10.7. The van der Waals surface area contributed by atoms with Crippen LogP contribution in [0.3, 0.4) is 0 Å². The van der Waals surface area contributed by atoms with Crippen LogP contribution in [0.5, 0.6) is 0 Å². The van der Waals surface area contributed by atoms with Crippen LogP contribution in [0.2, 0.25) is 0 Å². The van der Waals surface area contributed by atoms with E-state index < -0.39 is 0 Å². The van der Waals surface area contributed by atoms with Gasteiger partial charge >= 0.3 is 0 Å². The summed E-state index contributed by atoms with van der Waals surface area (Å²) in [7, 11) is 0. The van der Waals surface area contributed by atoms with Gasteiger partial charge in [0.1, 0.15) is 5.58 Å². The molecule has 10 rings (SSSR count). The van der Waals surface area contributed by atoms with E-state index in [-0.39, 0.29) is 0 Å². The monoisotopic (exact) mass is 631 g/mol. The number of fused-ring (bicyclic) bond motifs is 8. The summed E-state index contributed by atoms with van der Waals surface area (Å²) in [6, 6.07) is 52.6. The van der Waals surface area contributed by atoms with Gasteiger partial charge in [-0.1, -0.05) is 127 Å². The molecule has 0 aliphatic carbocycles. The smallest absolute Gasteiger partial charge is 0.228 e. The average molecular weight is 632 g/mol. The second-order valence-corrected chi connectivity index (χ2v) is 13.0. The Bertz CT molecular complexity index is 2830. The van der Waals surface area contributed by atoms with E-state index in [0.717, 1.165) is 72.3 Å². The maximum atomic E-state index is 6.25. The van der Waals surface area contributed by atoms with Crippen LogP contribution in [0.4, 0.5) is 0 Å². The Labute approximate surface area is 279 Å². The summed E-state index contributed by atoms with van der Waals surface area (Å²) < 4.78 is 8.71. The average Bonchev–Trinajstić information content (AvgIpc) is 3.73. The summed E-state index contributed by atoms with van der Waals surface area (Å²) in [5, 5.41) is 6.85. The molecule has 10 aromatic rings. The van der Waals surface area contributed by atoms with Crippen molar-refractivity contribution in [1.82, 2.24) is 15.0 Å². The third-order valence-corrected chi connectivity index (χ3v) is 10.4. The summed E-state index contributed by atoms with van der Waals surface area (Å²) in [6.45, 7) is 0. The van der Waals surface area contributed by atoms with Crippen molar-refractivity contribution in [3.05, 3.63) is 152 Å². The van der Waals surface area contributed by atoms with Gasteiger partial charge in [0.25, 0.3) is 0 Å². The molecule has 0 amide bonds. The molecule has 0 fully saturated rings. The zero-order chi connectivity index (χ0) is 31.6. The largest absolute Gasteiger partial charge is 0.438 e. The van der Waals surface area contributed by atoms with Gasteiger partial charge in [-0.05, 0) is 29.7 Å². The molecule has 0 atom stereocenters. The minimum Gasteiger partial charge on any atom is -0.438 e. The van der Waals surface area contributed by atoms with Gasteiger partial charge in [-0.3, -0.25) is 0 Å². The SMILES string of the molecule is c1ccc(-c2cc(-c3ccc(-c4nc5oc6ccccc6c5c5ccccc45)cc3)nc(-c3cccc4c3sc3ccccc34)n2)cc1. The molecule has 0 spiro atoms. The standard InChI is InChI=1S/C43H25N3OS/c1-2-11-26(12-3-1)35-25-36(45-42(44-35)34-18-10-17-32-29-13-7-9-20-38(29)48-41(32)34)27-21-23-28(24-22-27)40-31-15-5-4-14-30(31)39-33-16-6-8-19-37(33)47-43(39)46-40/h1-25H. The van der Waals surface area contributed by atoms with Gasteiger partial charge in [-0.25, -0.2) is 15.0 Å². The molecule has 0 unspecified atom stereocenters. The second-order valence-electron chi connectivity index (χ2n) is 12.0. The first-order chi connectivity index (χ1) is 23.8. The first-order valence-corrected chi connectivity index (χ1v) is 16.8. The van der Waals surface area contributed by atoms with Gasteiger partial charge in [0.15, 0.2) is 5.82 Å². The third-order valence-electron chi connectivity index (χ3n) is 9.14. The van der Waals surface area contributed by atoms with Gasteiger partial charge in [0, 0.05) is 53.2 Å². The molecule has 0 saturated carbocycles. The molecule has 4 aromatic heterocycles. The summed E-state index contributed by atoms with van der Waals surface area (Å²) in [5.41, 5.74) is 8.28. The lowest BCUT2D eigenvalue weighted by atomic mass is 9.99. The molecule has 0 bridgehead atoms. The Morgan fingerprint density at radius 3 is 1.90 bits per heavy atom. The van der Waals surface area contributed by atoms with Crippen molar-refractivity contribution in [2.24, 2.45) is 0 Å². The molecule has 48 heavy (non-hydrogen) atoms. The molecule has 0 radical (unpaired) electrons. The number of rotatable bonds is 4. The van der Waals surface area contributed by atoms with Crippen molar-refractivity contribution in [2.45, 2.75) is 0 Å². The van der Waals surface area contributed by atoms with E-state index in [4.69, 9.17) is 19.4 Å². The van der Waals surface area contributed by atoms with E-state index >= 15 is 0 Å². The van der Waals surface area contributed by atoms with Crippen LogP contribution >= 0.6 is 11.3 Å². The number of thiophene rings is 1. The van der Waals surface area contributed by atoms with Gasteiger partial charge in [0.2, 0.25) is 5.71 Å². The molecular formula is C43H25N3OS. The quantitative estimate of drug-likeness (QED) is 0.194. The lowest BCUT2D eigenvalue weighted by Crippen LogP contribution is -1.96. The van der Waals surface area contributed by atoms with E-state index in [0.29, 0.717) is 5.71 Å². The van der Waals surface area contributed by atoms with Crippen LogP contribution in [0.25, 0.3) is 98.2 Å². The van der Waals surface area contributed by atoms with Crippen LogP contribution in [0, 0.1) is 0 Å². The number of furan rings is 1. The van der Waals surface area contributed by atoms with E-state index in [2.05, 4.69) is 127 Å². The Hall–Kier alpha value is -6.17. The first kappa shape index (κ1) is 27.0. The number of benzene rings is 6. The summed E-state index contributed by atoms with van der Waals surface area (Å²) >= 11 is 1.79. The van der Waals surface area contributed by atoms with Gasteiger partial charge in [-0.15, -0.1) is 11.3 Å². The number of aromatic nitrogens is 3. The van der Waals surface area contributed by atoms with Crippen molar-refractivity contribution in [3.63, 3.8) is 0 Å². The van der Waals surface area contributed by atoms with Crippen LogP contribution in [-0.2, 0) is 0 Å². The number of hydrogen-bond acceptors (Lipinski definition) is 5. The number of para-hydroxylation sites is 1. The Morgan fingerprint density at radius 2 is 1.08 bits per heavy atom. The zero-order valence-electron chi connectivity index (χ0n) is 25.6. The van der Waals surface area contributed by atoms with Crippen molar-refractivity contribution < 1.29 is 4.42 Å². The van der Waals surface area contributed by atoms with E-state index in [9.17, 15) is 0 Å². The normalized spacial score (nSPS) is 11.8. The lowest BCUT2D eigenvalue weighted by Gasteiger charge is -2.11. The van der Waals surface area contributed by atoms with Crippen molar-refractivity contribution in [1.29, 1.82) is 0 Å². The van der Waals surface area contributed by atoms with Crippen molar-refractivity contribution in [3.8, 4) is 45.2 Å². The molecule has 0 aliphatic rings. The van der Waals surface area contributed by atoms with Gasteiger partial charge in [-0.2, -0.15) is 0 Å². The summed E-state index contributed by atoms with van der Waals surface area (Å²) in [6.07, 6.45) is 0. The summed E-state index contributed by atoms with van der Waals surface area (Å²) in [4.78, 5) is 15.4. The Balaban J connectivity index is 1.13. The molecule has 4 heterocycles. The summed E-state index contributed by atoms with van der Waals surface area (Å²) in [5.74, 6) is 0.718. The van der Waals surface area contributed by atoms with Crippen LogP contribution in [0.1, 0.15) is 0 Å². The molecular weight excluding hydrogens is 607 g/mol. The maximum Gasteiger partial charge on any atom is 0.228 e. The zero-order valence-corrected chi connectivity index (χ0v) is 26.4. The predicted octanol–water partition coefficient (Wildman–Crippen LogP) is 12.0. The number of hydrogen-bond donors (Lipinski definition) is 0. The molecule has 4 nitrogen and oxygen atoms in total. The molecule has 0 aliphatic heterocycles. The predicted molar refractivity (Wildman–Crippen MR) is 199 cm³/mol. The lowest BCUT2D eigenvalue weighted by molar-refractivity contribution is 0.655. The highest BCUT2D eigenvalue weighted by Gasteiger charge is 2.18. The van der Waals surface area contributed by atoms with E-state index in [1.54, 1.807) is 11.3 Å². The fourth-order valence-corrected chi connectivity index (χ4v) is 8.07. The Morgan fingerprint density at radius 1 is 0.458 bits per heavy atom. The highest BCUT2D eigenvalue weighted by molar-refractivity contribution is 7.26. The molecule has 0 N–H and O–H groups in total. The highest BCUT2D eigenvalue weighted by atomic mass is 32.1. The highest BCUT2D eigenvalue weighted by Crippen LogP contribution is 2.41. The maximum absolute atomic E-state index is 6.25. The third kappa shape index (κ3) is 4.25. The van der Waals surface area contributed by atoms with E-state index in [1.807, 2.05) is 24.3 Å². The number of nitrogens with zero attached hydrogens (tertiary/aromatic N) is 3. The molecule has 5 heteroatoms. The minimum atomic E-state index is 0.650. The number of pyridine rings is 1. The molecule has 224 valence electrons.